The fourth-order valence-corrected chi connectivity index (χ4v) is 21.8. The maximum absolute atomic E-state index is 13.7. The van der Waals surface area contributed by atoms with Crippen molar-refractivity contribution in [2.24, 2.45) is 23.7 Å². The van der Waals surface area contributed by atoms with Crippen molar-refractivity contribution in [2.75, 3.05) is 6.61 Å². The second kappa shape index (κ2) is 11.4. The van der Waals surface area contributed by atoms with Crippen molar-refractivity contribution >= 4 is 22.4 Å². The summed E-state index contributed by atoms with van der Waals surface area (Å²) in [6.07, 6.45) is 7.41. The first kappa shape index (κ1) is 33.4. The number of carbonyl (C=O) groups excluding carboxylic acids is 1. The number of hydrogen-bond acceptors (Lipinski definition) is 4. The highest BCUT2D eigenvalue weighted by atomic mass is 28.4. The summed E-state index contributed by atoms with van der Waals surface area (Å²) in [5.74, 6) is 0.371. The third-order valence-corrected chi connectivity index (χ3v) is 24.4. The van der Waals surface area contributed by atoms with Crippen molar-refractivity contribution in [3.8, 4) is 0 Å². The van der Waals surface area contributed by atoms with E-state index in [1.165, 1.54) is 5.57 Å². The van der Waals surface area contributed by atoms with Crippen LogP contribution in [0.15, 0.2) is 23.3 Å². The number of fused-ring (bicyclic) bond motifs is 2. The van der Waals surface area contributed by atoms with Crippen molar-refractivity contribution in [2.45, 2.75) is 161 Å². The van der Waals surface area contributed by atoms with Crippen LogP contribution in [-0.4, -0.2) is 40.4 Å². The number of carbonyl (C=O) groups is 1. The van der Waals surface area contributed by atoms with Gasteiger partial charge in [-0.05, 0) is 63.7 Å². The van der Waals surface area contributed by atoms with Crippen molar-refractivity contribution in [1.82, 2.24) is 0 Å². The summed E-state index contributed by atoms with van der Waals surface area (Å²) in [6.45, 7) is 33.4. The summed E-state index contributed by atoms with van der Waals surface area (Å²) >= 11 is 0. The van der Waals surface area contributed by atoms with E-state index in [1.54, 1.807) is 0 Å². The summed E-state index contributed by atoms with van der Waals surface area (Å²) in [4.78, 5) is 13.7. The Balaban J connectivity index is 1.77. The zero-order valence-corrected chi connectivity index (χ0v) is 30.9. The molecule has 4 rings (SSSR count). The molecule has 6 atom stereocenters. The smallest absolute Gasteiger partial charge is 0.204 e. The van der Waals surface area contributed by atoms with Gasteiger partial charge in [0.05, 0.1) is 12.2 Å². The van der Waals surface area contributed by atoms with Gasteiger partial charge >= 0.3 is 0 Å². The third kappa shape index (κ3) is 4.98. The van der Waals surface area contributed by atoms with Gasteiger partial charge in [-0.25, -0.2) is 0 Å². The number of rotatable bonds is 11. The number of allylic oxidation sites excluding steroid dienone is 1. The molecule has 0 N–H and O–H groups in total. The lowest BCUT2D eigenvalue weighted by molar-refractivity contribution is -0.186. The van der Waals surface area contributed by atoms with Crippen LogP contribution in [0.5, 0.6) is 0 Å². The minimum atomic E-state index is -2.17. The Hall–Kier alpha value is -0.536. The van der Waals surface area contributed by atoms with E-state index >= 15 is 0 Å². The Morgan fingerprint density at radius 3 is 1.83 bits per heavy atom. The molecule has 4 aliphatic rings. The zero-order chi connectivity index (χ0) is 30.9. The van der Waals surface area contributed by atoms with Crippen LogP contribution in [-0.2, 0) is 18.4 Å². The SMILES string of the molecule is CC1=C[C@@H]2[C@@H](CC(CO[Si](C(C)C)(C(C)C)C(C)C)=C[C@H]3C[C@]4(O[Si](C(C)C)(C(C)C)C(C)C)C[C@@H](C)[C@]23O4)C1=O. The quantitative estimate of drug-likeness (QED) is 0.174. The van der Waals surface area contributed by atoms with Crippen LogP contribution >= 0.6 is 0 Å². The normalized spacial score (nSPS) is 33.9. The van der Waals surface area contributed by atoms with Gasteiger partial charge in [0, 0.05) is 30.6 Å². The van der Waals surface area contributed by atoms with E-state index in [0.29, 0.717) is 51.6 Å². The summed E-state index contributed by atoms with van der Waals surface area (Å²) in [6, 6.07) is 0. The molecule has 0 radical (unpaired) electrons. The summed E-state index contributed by atoms with van der Waals surface area (Å²) in [5.41, 5.74) is 4.96. The standard InChI is InChI=1S/C35H62O4Si2/c1-21(2)40(22(3)4,23(5)6)37-20-29-16-30-19-34(39-41(24(7)8,25(9)10)26(11)12)18-28(14)35(30,38-34)32-15-27(13)33(36)31(32)17-29/h15-16,21-26,28,30-32H,17-20H2,1-14H3/t28-,30+,31-,32-,34-,35-/m1/s1. The molecule has 4 nitrogen and oxygen atoms in total. The van der Waals surface area contributed by atoms with Gasteiger partial charge in [0.2, 0.25) is 16.6 Å². The fourth-order valence-electron chi connectivity index (χ4n) is 10.8. The van der Waals surface area contributed by atoms with E-state index in [1.807, 2.05) is 6.92 Å². The highest BCUT2D eigenvalue weighted by Gasteiger charge is 2.71. The molecule has 0 saturated carbocycles. The number of ketones is 1. The van der Waals surface area contributed by atoms with Gasteiger partial charge in [-0.1, -0.05) is 102 Å². The monoisotopic (exact) mass is 602 g/mol. The molecule has 2 saturated heterocycles. The maximum atomic E-state index is 13.7. The molecular weight excluding hydrogens is 541 g/mol. The molecule has 0 unspecified atom stereocenters. The van der Waals surface area contributed by atoms with Gasteiger partial charge in [-0.3, -0.25) is 4.79 Å². The second-order valence-electron chi connectivity index (χ2n) is 16.2. The fraction of sp³-hybridized carbons (Fsp3) is 0.857. The molecule has 2 heterocycles. The molecule has 0 aromatic carbocycles. The Morgan fingerprint density at radius 1 is 0.829 bits per heavy atom. The van der Waals surface area contributed by atoms with E-state index in [-0.39, 0.29) is 23.4 Å². The number of hydrogen-bond donors (Lipinski definition) is 0. The van der Waals surface area contributed by atoms with Crippen LogP contribution in [0.1, 0.15) is 116 Å². The van der Waals surface area contributed by atoms with Gasteiger partial charge in [-0.15, -0.1) is 0 Å². The predicted molar refractivity (Wildman–Crippen MR) is 176 cm³/mol. The zero-order valence-electron chi connectivity index (χ0n) is 28.9. The summed E-state index contributed by atoms with van der Waals surface area (Å²) < 4.78 is 22.1. The minimum Gasteiger partial charge on any atom is -0.412 e. The van der Waals surface area contributed by atoms with Crippen LogP contribution in [0.2, 0.25) is 33.2 Å². The van der Waals surface area contributed by atoms with Gasteiger partial charge in [0.1, 0.15) is 0 Å². The number of ether oxygens (including phenoxy) is 1. The van der Waals surface area contributed by atoms with Gasteiger partial charge in [0.25, 0.3) is 0 Å². The van der Waals surface area contributed by atoms with E-state index in [4.69, 9.17) is 13.6 Å². The summed E-state index contributed by atoms with van der Waals surface area (Å²) in [7, 11) is -4.20. The molecule has 6 heteroatoms. The van der Waals surface area contributed by atoms with Crippen molar-refractivity contribution in [3.05, 3.63) is 23.3 Å². The average Bonchev–Trinajstić information content (AvgIpc) is 3.38. The third-order valence-electron chi connectivity index (χ3n) is 12.2. The highest BCUT2D eigenvalue weighted by Crippen LogP contribution is 2.66. The Kier molecular flexibility index (Phi) is 9.30. The largest absolute Gasteiger partial charge is 0.412 e. The van der Waals surface area contributed by atoms with E-state index in [9.17, 15) is 4.79 Å². The molecule has 1 spiro atoms. The molecular formula is C35H62O4Si2. The van der Waals surface area contributed by atoms with E-state index in [2.05, 4.69) is 102 Å². The van der Waals surface area contributed by atoms with Crippen molar-refractivity contribution in [1.29, 1.82) is 0 Å². The van der Waals surface area contributed by atoms with E-state index in [0.717, 1.165) is 24.8 Å². The van der Waals surface area contributed by atoms with Crippen LogP contribution in [0.3, 0.4) is 0 Å². The Labute approximate surface area is 254 Å². The van der Waals surface area contributed by atoms with Crippen molar-refractivity contribution < 1.29 is 18.4 Å². The van der Waals surface area contributed by atoms with Crippen LogP contribution in [0.25, 0.3) is 0 Å². The Bertz CT molecular complexity index is 1010. The highest BCUT2D eigenvalue weighted by molar-refractivity contribution is 6.78. The Morgan fingerprint density at radius 2 is 1.34 bits per heavy atom. The van der Waals surface area contributed by atoms with E-state index < -0.39 is 22.4 Å². The van der Waals surface area contributed by atoms with Gasteiger partial charge in [-0.2, -0.15) is 0 Å². The average molecular weight is 603 g/mol. The maximum Gasteiger partial charge on any atom is 0.204 e. The van der Waals surface area contributed by atoms with Crippen LogP contribution in [0.4, 0.5) is 0 Å². The predicted octanol–water partition coefficient (Wildman–Crippen LogP) is 9.97. The lowest BCUT2D eigenvalue weighted by Gasteiger charge is -2.47. The molecule has 2 bridgehead atoms. The first-order chi connectivity index (χ1) is 18.9. The summed E-state index contributed by atoms with van der Waals surface area (Å²) in [5, 5.41) is 0. The lowest BCUT2D eigenvalue weighted by atomic mass is 9.63. The van der Waals surface area contributed by atoms with Gasteiger partial charge in [0.15, 0.2) is 11.6 Å². The molecule has 0 aromatic heterocycles. The molecule has 0 aromatic rings. The molecule has 41 heavy (non-hydrogen) atoms. The molecule has 2 fully saturated rings. The minimum absolute atomic E-state index is 0.0540. The molecule has 0 amide bonds. The first-order valence-electron chi connectivity index (χ1n) is 16.9. The van der Waals surface area contributed by atoms with Gasteiger partial charge < -0.3 is 13.6 Å². The van der Waals surface area contributed by atoms with Crippen molar-refractivity contribution in [3.63, 3.8) is 0 Å². The van der Waals surface area contributed by atoms with Crippen LogP contribution in [0, 0.1) is 23.7 Å². The second-order valence-corrected chi connectivity index (χ2v) is 27.0. The lowest BCUT2D eigenvalue weighted by Crippen LogP contribution is -2.54. The van der Waals surface area contributed by atoms with Crippen LogP contribution < -0.4 is 0 Å². The first-order valence-corrected chi connectivity index (χ1v) is 21.2. The molecule has 2 aliphatic heterocycles. The topological polar surface area (TPSA) is 44.8 Å². The molecule has 234 valence electrons. The number of Topliss-reactive ketones (excluding diaryl/α,β-unsaturated/α-hetero) is 1. The molecule has 2 aliphatic carbocycles.